The fourth-order valence-electron chi connectivity index (χ4n) is 2.40. The van der Waals surface area contributed by atoms with E-state index in [1.165, 1.54) is 11.8 Å². The fraction of sp³-hybridized carbons (Fsp3) is 0.467. The lowest BCUT2D eigenvalue weighted by Crippen LogP contribution is -2.49. The lowest BCUT2D eigenvalue weighted by molar-refractivity contribution is -0.150. The van der Waals surface area contributed by atoms with Crippen LogP contribution in [0.5, 0.6) is 0 Å². The van der Waals surface area contributed by atoms with Crippen LogP contribution in [-0.4, -0.2) is 27.7 Å². The molecule has 1 aromatic rings. The van der Waals surface area contributed by atoms with Gasteiger partial charge in [0.2, 0.25) is 0 Å². The molecule has 1 heterocycles. The van der Waals surface area contributed by atoms with Gasteiger partial charge in [-0.05, 0) is 38.8 Å². The summed E-state index contributed by atoms with van der Waals surface area (Å²) in [4.78, 5) is 25.3. The number of carboxylic acids is 1. The monoisotopic (exact) mass is 277 g/mol. The van der Waals surface area contributed by atoms with Gasteiger partial charge in [-0.1, -0.05) is 24.3 Å². The van der Waals surface area contributed by atoms with Crippen LogP contribution in [0.1, 0.15) is 38.8 Å². The lowest BCUT2D eigenvalue weighted by Gasteiger charge is -2.33. The second-order valence-corrected chi connectivity index (χ2v) is 6.10. The summed E-state index contributed by atoms with van der Waals surface area (Å²) in [6.07, 6.45) is -0.612. The first-order valence-corrected chi connectivity index (χ1v) is 6.48. The highest BCUT2D eigenvalue weighted by Crippen LogP contribution is 2.40. The van der Waals surface area contributed by atoms with Gasteiger partial charge in [-0.3, -0.25) is 4.90 Å². The number of benzene rings is 1. The minimum atomic E-state index is -1.39. The molecule has 5 heteroatoms. The maximum Gasteiger partial charge on any atom is 0.411 e. The molecule has 0 saturated heterocycles. The zero-order valence-electron chi connectivity index (χ0n) is 12.1. The molecule has 1 N–H and O–H groups in total. The molecule has 1 aliphatic heterocycles. The number of hydrogen-bond acceptors (Lipinski definition) is 3. The van der Waals surface area contributed by atoms with E-state index in [0.717, 1.165) is 5.56 Å². The molecule has 0 radical (unpaired) electrons. The van der Waals surface area contributed by atoms with E-state index < -0.39 is 23.2 Å². The smallest absolute Gasteiger partial charge is 0.411 e. The predicted octanol–water partition coefficient (Wildman–Crippen LogP) is 2.74. The van der Waals surface area contributed by atoms with Crippen molar-refractivity contribution in [3.63, 3.8) is 0 Å². The van der Waals surface area contributed by atoms with Crippen LogP contribution in [0.25, 0.3) is 0 Å². The van der Waals surface area contributed by atoms with Gasteiger partial charge in [0.1, 0.15) is 5.60 Å². The van der Waals surface area contributed by atoms with Crippen molar-refractivity contribution in [1.29, 1.82) is 0 Å². The summed E-state index contributed by atoms with van der Waals surface area (Å²) < 4.78 is 5.32. The predicted molar refractivity (Wildman–Crippen MR) is 73.2 cm³/mol. The van der Waals surface area contributed by atoms with Crippen molar-refractivity contribution >= 4 is 12.1 Å². The molecule has 108 valence electrons. The van der Waals surface area contributed by atoms with Crippen molar-refractivity contribution in [2.75, 3.05) is 0 Å². The molecule has 0 aliphatic carbocycles. The Morgan fingerprint density at radius 1 is 1.30 bits per heavy atom. The van der Waals surface area contributed by atoms with Crippen molar-refractivity contribution in [1.82, 2.24) is 4.90 Å². The van der Waals surface area contributed by atoms with Crippen LogP contribution < -0.4 is 0 Å². The molecule has 1 unspecified atom stereocenters. The molecular weight excluding hydrogens is 258 g/mol. The van der Waals surface area contributed by atoms with Crippen molar-refractivity contribution < 1.29 is 19.4 Å². The van der Waals surface area contributed by atoms with Crippen molar-refractivity contribution in [3.8, 4) is 0 Å². The van der Waals surface area contributed by atoms with Gasteiger partial charge in [-0.25, -0.2) is 9.59 Å². The molecule has 0 aromatic heterocycles. The summed E-state index contributed by atoms with van der Waals surface area (Å²) in [5.74, 6) is -1.06. The number of carboxylic acid groups (broad SMARTS) is 1. The van der Waals surface area contributed by atoms with E-state index >= 15 is 0 Å². The van der Waals surface area contributed by atoms with Gasteiger partial charge in [0.05, 0.1) is 6.54 Å². The SMILES string of the molecule is CC(C)(C)OC(=O)N1Cc2ccccc2C1(C)C(=O)O. The summed E-state index contributed by atoms with van der Waals surface area (Å²) >= 11 is 0. The van der Waals surface area contributed by atoms with Gasteiger partial charge in [-0.2, -0.15) is 0 Å². The van der Waals surface area contributed by atoms with Gasteiger partial charge in [0.25, 0.3) is 0 Å². The number of nitrogens with zero attached hydrogens (tertiary/aromatic N) is 1. The molecular formula is C15H19NO4. The normalized spacial score (nSPS) is 21.5. The minimum absolute atomic E-state index is 0.244. The Morgan fingerprint density at radius 3 is 2.45 bits per heavy atom. The van der Waals surface area contributed by atoms with E-state index in [0.29, 0.717) is 5.56 Å². The van der Waals surface area contributed by atoms with Crippen LogP contribution in [0.15, 0.2) is 24.3 Å². The van der Waals surface area contributed by atoms with Crippen LogP contribution in [-0.2, 0) is 21.6 Å². The summed E-state index contributed by atoms with van der Waals surface area (Å²) in [5.41, 5.74) is -0.578. The maximum atomic E-state index is 12.3. The van der Waals surface area contributed by atoms with Crippen LogP contribution >= 0.6 is 0 Å². The van der Waals surface area contributed by atoms with E-state index in [4.69, 9.17) is 4.74 Å². The van der Waals surface area contributed by atoms with Crippen LogP contribution in [0.3, 0.4) is 0 Å². The number of carbonyl (C=O) groups excluding carboxylic acids is 1. The quantitative estimate of drug-likeness (QED) is 0.857. The minimum Gasteiger partial charge on any atom is -0.479 e. The summed E-state index contributed by atoms with van der Waals surface area (Å²) in [6, 6.07) is 7.19. The number of aliphatic carboxylic acids is 1. The van der Waals surface area contributed by atoms with Gasteiger partial charge < -0.3 is 9.84 Å². The zero-order chi connectivity index (χ0) is 15.1. The highest BCUT2D eigenvalue weighted by atomic mass is 16.6. The first kappa shape index (κ1) is 14.4. The third kappa shape index (κ3) is 2.24. The Balaban J connectivity index is 2.42. The summed E-state index contributed by atoms with van der Waals surface area (Å²) in [7, 11) is 0. The summed E-state index contributed by atoms with van der Waals surface area (Å²) in [5, 5.41) is 9.59. The van der Waals surface area contributed by atoms with Crippen molar-refractivity contribution in [3.05, 3.63) is 35.4 Å². The average Bonchev–Trinajstić information content (AvgIpc) is 2.63. The van der Waals surface area contributed by atoms with Gasteiger partial charge >= 0.3 is 12.1 Å². The number of carbonyl (C=O) groups is 2. The number of fused-ring (bicyclic) bond motifs is 1. The van der Waals surface area contributed by atoms with E-state index in [2.05, 4.69) is 0 Å². The molecule has 1 atom stereocenters. The first-order valence-electron chi connectivity index (χ1n) is 6.48. The molecule has 1 aromatic carbocycles. The number of hydrogen-bond donors (Lipinski definition) is 1. The Morgan fingerprint density at radius 2 is 1.90 bits per heavy atom. The molecule has 1 amide bonds. The van der Waals surface area contributed by atoms with Crippen molar-refractivity contribution in [2.45, 2.75) is 45.4 Å². The number of amides is 1. The van der Waals surface area contributed by atoms with Crippen molar-refractivity contribution in [2.24, 2.45) is 0 Å². The third-order valence-corrected chi connectivity index (χ3v) is 3.44. The van der Waals surface area contributed by atoms with Gasteiger partial charge in [0.15, 0.2) is 5.54 Å². The molecule has 0 spiro atoms. The zero-order valence-corrected chi connectivity index (χ0v) is 12.1. The van der Waals surface area contributed by atoms with Crippen LogP contribution in [0.2, 0.25) is 0 Å². The number of ether oxygens (including phenoxy) is 1. The molecule has 2 rings (SSSR count). The average molecular weight is 277 g/mol. The molecule has 0 saturated carbocycles. The second kappa shape index (κ2) is 4.51. The summed E-state index contributed by atoms with van der Waals surface area (Å²) in [6.45, 7) is 7.05. The standard InChI is InChI=1S/C15H19NO4/c1-14(2,3)20-13(19)16-9-10-7-5-6-8-11(10)15(16,4)12(17)18/h5-8H,9H2,1-4H3,(H,17,18). The Kier molecular flexibility index (Phi) is 3.24. The molecule has 0 fully saturated rings. The Labute approximate surface area is 118 Å². The third-order valence-electron chi connectivity index (χ3n) is 3.44. The van der Waals surface area contributed by atoms with E-state index in [1.54, 1.807) is 32.9 Å². The molecule has 5 nitrogen and oxygen atoms in total. The topological polar surface area (TPSA) is 66.8 Å². The fourth-order valence-corrected chi connectivity index (χ4v) is 2.40. The van der Waals surface area contributed by atoms with E-state index in [9.17, 15) is 14.7 Å². The second-order valence-electron chi connectivity index (χ2n) is 6.10. The Hall–Kier alpha value is -2.04. The van der Waals surface area contributed by atoms with Crippen LogP contribution in [0.4, 0.5) is 4.79 Å². The first-order chi connectivity index (χ1) is 9.16. The highest BCUT2D eigenvalue weighted by molar-refractivity contribution is 5.87. The molecule has 0 bridgehead atoms. The Bertz CT molecular complexity index is 561. The van der Waals surface area contributed by atoms with Gasteiger partial charge in [0, 0.05) is 0 Å². The van der Waals surface area contributed by atoms with Crippen LogP contribution in [0, 0.1) is 0 Å². The largest absolute Gasteiger partial charge is 0.479 e. The molecule has 1 aliphatic rings. The molecule has 20 heavy (non-hydrogen) atoms. The lowest BCUT2D eigenvalue weighted by atomic mass is 9.92. The maximum absolute atomic E-state index is 12.3. The van der Waals surface area contributed by atoms with Gasteiger partial charge in [-0.15, -0.1) is 0 Å². The number of rotatable bonds is 1. The van der Waals surface area contributed by atoms with E-state index in [-0.39, 0.29) is 6.54 Å². The van der Waals surface area contributed by atoms with E-state index in [1.807, 2.05) is 12.1 Å². The highest BCUT2D eigenvalue weighted by Gasteiger charge is 2.51.